The van der Waals surface area contributed by atoms with Crippen LogP contribution in [0.25, 0.3) is 0 Å². The van der Waals surface area contributed by atoms with Crippen molar-refractivity contribution < 1.29 is 9.53 Å². The van der Waals surface area contributed by atoms with Crippen LogP contribution < -0.4 is 11.5 Å². The molecule has 4 heteroatoms. The highest BCUT2D eigenvalue weighted by molar-refractivity contribution is 5.73. The van der Waals surface area contributed by atoms with Gasteiger partial charge >= 0.3 is 5.97 Å². The summed E-state index contributed by atoms with van der Waals surface area (Å²) in [5.74, 6) is 0.601. The van der Waals surface area contributed by atoms with Crippen molar-refractivity contribution in [2.75, 3.05) is 6.61 Å². The average molecular weight is 256 g/mol. The van der Waals surface area contributed by atoms with Crippen molar-refractivity contribution in [2.45, 2.75) is 58.5 Å². The first kappa shape index (κ1) is 15.4. The van der Waals surface area contributed by atoms with Crippen molar-refractivity contribution >= 4 is 5.97 Å². The van der Waals surface area contributed by atoms with Gasteiger partial charge in [-0.2, -0.15) is 0 Å². The molecule has 1 rings (SSSR count). The minimum atomic E-state index is -0.104. The number of hydrogen-bond donors (Lipinski definition) is 2. The molecule has 0 aromatic heterocycles. The zero-order valence-electron chi connectivity index (χ0n) is 11.9. The van der Waals surface area contributed by atoms with E-state index in [2.05, 4.69) is 13.8 Å². The fourth-order valence-corrected chi connectivity index (χ4v) is 3.18. The molecular weight excluding hydrogens is 228 g/mol. The van der Waals surface area contributed by atoms with E-state index in [0.717, 1.165) is 25.7 Å². The van der Waals surface area contributed by atoms with Crippen LogP contribution in [0.5, 0.6) is 0 Å². The first-order valence-electron chi connectivity index (χ1n) is 7.22. The lowest BCUT2D eigenvalue weighted by molar-refractivity contribution is -0.147. The number of esters is 1. The molecule has 1 unspecified atom stereocenters. The van der Waals surface area contributed by atoms with Crippen molar-refractivity contribution in [1.82, 2.24) is 0 Å². The van der Waals surface area contributed by atoms with Crippen LogP contribution in [-0.4, -0.2) is 24.7 Å². The number of carbonyl (C=O) groups is 1. The minimum Gasteiger partial charge on any atom is -0.466 e. The molecule has 1 fully saturated rings. The highest BCUT2D eigenvalue weighted by Gasteiger charge is 2.40. The van der Waals surface area contributed by atoms with Gasteiger partial charge in [0.15, 0.2) is 0 Å². The Bertz CT molecular complexity index is 267. The zero-order valence-corrected chi connectivity index (χ0v) is 11.9. The van der Waals surface area contributed by atoms with E-state index in [1.54, 1.807) is 0 Å². The van der Waals surface area contributed by atoms with Crippen LogP contribution >= 0.6 is 0 Å². The molecule has 0 aromatic rings. The van der Waals surface area contributed by atoms with Gasteiger partial charge in [0.2, 0.25) is 0 Å². The minimum absolute atomic E-state index is 0.0370. The van der Waals surface area contributed by atoms with Gasteiger partial charge in [-0.25, -0.2) is 0 Å². The summed E-state index contributed by atoms with van der Waals surface area (Å²) in [5.41, 5.74) is 12.5. The van der Waals surface area contributed by atoms with E-state index in [9.17, 15) is 4.79 Å². The van der Waals surface area contributed by atoms with E-state index in [4.69, 9.17) is 16.2 Å². The molecule has 0 bridgehead atoms. The fourth-order valence-electron chi connectivity index (χ4n) is 3.18. The largest absolute Gasteiger partial charge is 0.466 e. The topological polar surface area (TPSA) is 78.3 Å². The number of nitrogens with two attached hydrogens (primary N) is 2. The lowest BCUT2D eigenvalue weighted by Crippen LogP contribution is -2.43. The Balaban J connectivity index is 2.61. The first-order chi connectivity index (χ1) is 8.54. The molecule has 1 aliphatic carbocycles. The van der Waals surface area contributed by atoms with Gasteiger partial charge in [-0.3, -0.25) is 4.79 Å². The second-order valence-corrected chi connectivity index (χ2v) is 5.40. The van der Waals surface area contributed by atoms with Crippen LogP contribution in [0.1, 0.15) is 46.5 Å². The van der Waals surface area contributed by atoms with Crippen molar-refractivity contribution in [1.29, 1.82) is 0 Å². The molecule has 4 nitrogen and oxygen atoms in total. The van der Waals surface area contributed by atoms with Crippen LogP contribution in [0.15, 0.2) is 0 Å². The SMILES string of the molecule is CCOC(=O)[C@H]1C[C@@H](N)[C@H](C(N)C(CC)CC)C1. The zero-order chi connectivity index (χ0) is 13.7. The Morgan fingerprint density at radius 2 is 1.89 bits per heavy atom. The number of ether oxygens (including phenoxy) is 1. The molecule has 0 spiro atoms. The number of hydrogen-bond acceptors (Lipinski definition) is 4. The number of rotatable bonds is 6. The summed E-state index contributed by atoms with van der Waals surface area (Å²) in [5, 5.41) is 0. The maximum absolute atomic E-state index is 11.7. The molecule has 0 aliphatic heterocycles. The maximum Gasteiger partial charge on any atom is 0.308 e. The maximum atomic E-state index is 11.7. The van der Waals surface area contributed by atoms with Gasteiger partial charge in [0.1, 0.15) is 0 Å². The molecule has 0 saturated heterocycles. The van der Waals surface area contributed by atoms with Gasteiger partial charge in [-0.05, 0) is 31.6 Å². The Kier molecular flexibility index (Phi) is 6.09. The van der Waals surface area contributed by atoms with E-state index in [0.29, 0.717) is 12.5 Å². The van der Waals surface area contributed by atoms with Gasteiger partial charge < -0.3 is 16.2 Å². The summed E-state index contributed by atoms with van der Waals surface area (Å²) in [6, 6.07) is 0.143. The molecule has 4 atom stereocenters. The molecule has 18 heavy (non-hydrogen) atoms. The Morgan fingerprint density at radius 1 is 1.28 bits per heavy atom. The fraction of sp³-hybridized carbons (Fsp3) is 0.929. The standard InChI is InChI=1S/C14H28N2O2/c1-4-9(5-2)13(16)11-7-10(8-12(11)15)14(17)18-6-3/h9-13H,4-8,15-16H2,1-3H3/t10-,11-,12-,13?/m1/s1. The lowest BCUT2D eigenvalue weighted by atomic mass is 9.83. The molecular formula is C14H28N2O2. The smallest absolute Gasteiger partial charge is 0.308 e. The highest BCUT2D eigenvalue weighted by atomic mass is 16.5. The van der Waals surface area contributed by atoms with Gasteiger partial charge in [0, 0.05) is 12.1 Å². The normalized spacial score (nSPS) is 29.6. The third-order valence-electron chi connectivity index (χ3n) is 4.37. The molecule has 4 N–H and O–H groups in total. The quantitative estimate of drug-likeness (QED) is 0.709. The molecule has 0 amide bonds. The van der Waals surface area contributed by atoms with E-state index in [-0.39, 0.29) is 29.9 Å². The summed E-state index contributed by atoms with van der Waals surface area (Å²) >= 11 is 0. The summed E-state index contributed by atoms with van der Waals surface area (Å²) in [6.07, 6.45) is 3.66. The molecule has 1 saturated carbocycles. The summed E-state index contributed by atoms with van der Waals surface area (Å²) in [4.78, 5) is 11.7. The molecule has 106 valence electrons. The third kappa shape index (κ3) is 3.45. The molecule has 0 heterocycles. The second kappa shape index (κ2) is 7.10. The molecule has 0 radical (unpaired) electrons. The molecule has 0 aromatic carbocycles. The van der Waals surface area contributed by atoms with Crippen LogP contribution in [0.3, 0.4) is 0 Å². The molecule has 1 aliphatic rings. The van der Waals surface area contributed by atoms with Gasteiger partial charge in [0.05, 0.1) is 12.5 Å². The van der Waals surface area contributed by atoms with E-state index in [1.807, 2.05) is 6.92 Å². The van der Waals surface area contributed by atoms with Crippen LogP contribution in [-0.2, 0) is 9.53 Å². The van der Waals surface area contributed by atoms with Crippen molar-refractivity contribution in [2.24, 2.45) is 29.2 Å². The van der Waals surface area contributed by atoms with Gasteiger partial charge in [-0.1, -0.05) is 26.7 Å². The Morgan fingerprint density at radius 3 is 2.39 bits per heavy atom. The monoisotopic (exact) mass is 256 g/mol. The van der Waals surface area contributed by atoms with E-state index in [1.165, 1.54) is 0 Å². The van der Waals surface area contributed by atoms with E-state index < -0.39 is 0 Å². The highest BCUT2D eigenvalue weighted by Crippen LogP contribution is 2.35. The van der Waals surface area contributed by atoms with Crippen molar-refractivity contribution in [3.8, 4) is 0 Å². The predicted molar refractivity (Wildman–Crippen MR) is 72.9 cm³/mol. The van der Waals surface area contributed by atoms with E-state index >= 15 is 0 Å². The predicted octanol–water partition coefficient (Wildman–Crippen LogP) is 1.67. The van der Waals surface area contributed by atoms with Crippen LogP contribution in [0.4, 0.5) is 0 Å². The average Bonchev–Trinajstić information content (AvgIpc) is 2.73. The summed E-state index contributed by atoms with van der Waals surface area (Å²) < 4.78 is 5.08. The van der Waals surface area contributed by atoms with Gasteiger partial charge in [0.25, 0.3) is 0 Å². The summed E-state index contributed by atoms with van der Waals surface area (Å²) in [6.45, 7) is 6.60. The first-order valence-corrected chi connectivity index (χ1v) is 7.22. The van der Waals surface area contributed by atoms with Crippen molar-refractivity contribution in [3.05, 3.63) is 0 Å². The summed E-state index contributed by atoms with van der Waals surface area (Å²) in [7, 11) is 0. The van der Waals surface area contributed by atoms with Gasteiger partial charge in [-0.15, -0.1) is 0 Å². The van der Waals surface area contributed by atoms with Crippen molar-refractivity contribution in [3.63, 3.8) is 0 Å². The van der Waals surface area contributed by atoms with Crippen LogP contribution in [0.2, 0.25) is 0 Å². The number of carbonyl (C=O) groups excluding carboxylic acids is 1. The lowest BCUT2D eigenvalue weighted by Gasteiger charge is -2.29. The third-order valence-corrected chi connectivity index (χ3v) is 4.37. The van der Waals surface area contributed by atoms with Crippen LogP contribution in [0, 0.1) is 17.8 Å². The Labute approximate surface area is 110 Å². The second-order valence-electron chi connectivity index (χ2n) is 5.40. The Hall–Kier alpha value is -0.610.